The molecule has 0 rings (SSSR count). The van der Waals surface area contributed by atoms with Crippen molar-refractivity contribution >= 4 is 11.9 Å². The van der Waals surface area contributed by atoms with Crippen LogP contribution in [0.5, 0.6) is 0 Å². The smallest absolute Gasteiger partial charge is 0.335 e. The topological polar surface area (TPSA) is 52.6 Å². The van der Waals surface area contributed by atoms with Crippen molar-refractivity contribution in [1.82, 2.24) is 0 Å². The molecule has 0 saturated carbocycles. The molecule has 0 aromatic carbocycles. The van der Waals surface area contributed by atoms with Crippen LogP contribution in [0.1, 0.15) is 206 Å². The van der Waals surface area contributed by atoms with Crippen LogP contribution in [-0.2, 0) is 19.1 Å². The Morgan fingerprint density at radius 1 is 0.364 bits per heavy atom. The lowest BCUT2D eigenvalue weighted by molar-refractivity contribution is -0.135. The van der Waals surface area contributed by atoms with E-state index < -0.39 is 11.9 Å². The van der Waals surface area contributed by atoms with E-state index in [1.807, 2.05) is 12.2 Å². The summed E-state index contributed by atoms with van der Waals surface area (Å²) in [6, 6.07) is 0. The second kappa shape index (κ2) is 37.3. The first kappa shape index (κ1) is 42.2. The van der Waals surface area contributed by atoms with Crippen molar-refractivity contribution < 1.29 is 19.1 Å². The second-order valence-corrected chi connectivity index (χ2v) is 12.7. The maximum atomic E-state index is 11.8. The van der Waals surface area contributed by atoms with Gasteiger partial charge in [-0.3, -0.25) is 0 Å². The molecule has 0 fully saturated rings. The zero-order valence-corrected chi connectivity index (χ0v) is 29.3. The minimum atomic E-state index is -0.564. The summed E-state index contributed by atoms with van der Waals surface area (Å²) in [6.45, 7) is 4.55. The average Bonchev–Trinajstić information content (AvgIpc) is 3.03. The summed E-state index contributed by atoms with van der Waals surface area (Å²) < 4.78 is 10.0. The Morgan fingerprint density at radius 2 is 0.591 bits per heavy atom. The van der Waals surface area contributed by atoms with E-state index >= 15 is 0 Å². The quantitative estimate of drug-likeness (QED) is 0.0312. The molecule has 44 heavy (non-hydrogen) atoms. The van der Waals surface area contributed by atoms with Crippen LogP contribution < -0.4 is 0 Å². The molecule has 0 heterocycles. The molecule has 0 aromatic rings. The predicted molar refractivity (Wildman–Crippen MR) is 189 cm³/mol. The molecule has 0 radical (unpaired) electrons. The number of hydrogen-bond acceptors (Lipinski definition) is 4. The third-order valence-electron chi connectivity index (χ3n) is 8.37. The number of hydrogen-bond donors (Lipinski definition) is 0. The predicted octanol–water partition coefficient (Wildman–Crippen LogP) is 13.4. The van der Waals surface area contributed by atoms with Gasteiger partial charge < -0.3 is 9.47 Å². The molecule has 0 N–H and O–H groups in total. The molecule has 256 valence electrons. The second-order valence-electron chi connectivity index (χ2n) is 12.7. The summed E-state index contributed by atoms with van der Waals surface area (Å²) in [7, 11) is 0. The zero-order chi connectivity index (χ0) is 32.0. The molecule has 0 amide bonds. The molecule has 0 atom stereocenters. The fourth-order valence-electron chi connectivity index (χ4n) is 5.49. The minimum Gasteiger partial charge on any atom is -0.432 e. The standard InChI is InChI=1S/C40H72O4/c1-3-5-7-9-11-13-15-17-19-21-23-25-27-29-31-33-37-43-39(41)35-36-40(42)44-38-34-32-30-28-26-24-22-20-18-16-14-12-10-8-6-4-2/h33-38H,3-32H2,1-2H3. The number of ether oxygens (including phenoxy) is 2. The van der Waals surface area contributed by atoms with Gasteiger partial charge in [0.1, 0.15) is 0 Å². The van der Waals surface area contributed by atoms with Gasteiger partial charge in [0.25, 0.3) is 0 Å². The number of rotatable bonds is 34. The molecule has 0 aliphatic heterocycles. The Kier molecular flexibility index (Phi) is 35.8. The van der Waals surface area contributed by atoms with E-state index in [1.54, 1.807) is 0 Å². The van der Waals surface area contributed by atoms with Crippen molar-refractivity contribution in [1.29, 1.82) is 0 Å². The van der Waals surface area contributed by atoms with Crippen molar-refractivity contribution in [2.45, 2.75) is 206 Å². The van der Waals surface area contributed by atoms with Gasteiger partial charge in [-0.05, 0) is 37.8 Å². The Hall–Kier alpha value is -1.84. The van der Waals surface area contributed by atoms with E-state index in [0.717, 1.165) is 37.8 Å². The normalized spacial score (nSPS) is 11.8. The number of allylic oxidation sites excluding steroid dienone is 2. The molecule has 0 unspecified atom stereocenters. The van der Waals surface area contributed by atoms with Gasteiger partial charge in [0, 0.05) is 12.2 Å². The largest absolute Gasteiger partial charge is 0.432 e. The van der Waals surface area contributed by atoms with E-state index in [0.29, 0.717) is 0 Å². The van der Waals surface area contributed by atoms with E-state index in [4.69, 9.17) is 9.47 Å². The van der Waals surface area contributed by atoms with Gasteiger partial charge >= 0.3 is 11.9 Å². The van der Waals surface area contributed by atoms with Gasteiger partial charge in [-0.25, -0.2) is 9.59 Å². The number of esters is 2. The number of unbranched alkanes of at least 4 members (excludes halogenated alkanes) is 28. The van der Waals surface area contributed by atoms with E-state index in [9.17, 15) is 9.59 Å². The highest BCUT2D eigenvalue weighted by molar-refractivity contribution is 5.92. The van der Waals surface area contributed by atoms with Crippen molar-refractivity contribution in [2.75, 3.05) is 0 Å². The molecule has 0 aromatic heterocycles. The number of carbonyl (C=O) groups excluding carboxylic acids is 2. The Labute approximate surface area is 273 Å². The first-order chi connectivity index (χ1) is 21.7. The summed E-state index contributed by atoms with van der Waals surface area (Å²) in [5.74, 6) is -1.13. The first-order valence-corrected chi connectivity index (χ1v) is 19.1. The average molecular weight is 617 g/mol. The Bertz CT molecular complexity index is 635. The fraction of sp³-hybridized carbons (Fsp3) is 0.800. The monoisotopic (exact) mass is 617 g/mol. The molecule has 4 heteroatoms. The number of carbonyl (C=O) groups is 2. The third kappa shape index (κ3) is 36.4. The summed E-state index contributed by atoms with van der Waals surface area (Å²) >= 11 is 0. The Morgan fingerprint density at radius 3 is 0.841 bits per heavy atom. The van der Waals surface area contributed by atoms with Gasteiger partial charge in [0.2, 0.25) is 0 Å². The molecular formula is C40H72O4. The van der Waals surface area contributed by atoms with Crippen molar-refractivity contribution in [3.8, 4) is 0 Å². The van der Waals surface area contributed by atoms with Crippen molar-refractivity contribution in [3.63, 3.8) is 0 Å². The van der Waals surface area contributed by atoms with Crippen molar-refractivity contribution in [3.05, 3.63) is 36.8 Å². The Balaban J connectivity index is 3.46. The van der Waals surface area contributed by atoms with Crippen LogP contribution in [0.3, 0.4) is 0 Å². The van der Waals surface area contributed by atoms with Crippen LogP contribution in [0.25, 0.3) is 0 Å². The first-order valence-electron chi connectivity index (χ1n) is 19.1. The molecule has 0 aliphatic rings. The lowest BCUT2D eigenvalue weighted by Gasteiger charge is -2.02. The summed E-state index contributed by atoms with van der Waals surface area (Å²) in [6.07, 6.45) is 48.4. The van der Waals surface area contributed by atoms with Gasteiger partial charge in [-0.15, -0.1) is 0 Å². The van der Waals surface area contributed by atoms with E-state index in [2.05, 4.69) is 13.8 Å². The summed E-state index contributed by atoms with van der Waals surface area (Å²) in [4.78, 5) is 23.5. The zero-order valence-electron chi connectivity index (χ0n) is 29.3. The van der Waals surface area contributed by atoms with Crippen LogP contribution >= 0.6 is 0 Å². The molecule has 0 aliphatic carbocycles. The van der Waals surface area contributed by atoms with E-state index in [-0.39, 0.29) is 0 Å². The summed E-state index contributed by atoms with van der Waals surface area (Å²) in [5.41, 5.74) is 0. The lowest BCUT2D eigenvalue weighted by Crippen LogP contribution is -1.98. The van der Waals surface area contributed by atoms with Crippen LogP contribution in [0.15, 0.2) is 36.8 Å². The van der Waals surface area contributed by atoms with Gasteiger partial charge in [0.05, 0.1) is 12.5 Å². The van der Waals surface area contributed by atoms with Crippen LogP contribution in [0, 0.1) is 0 Å². The molecule has 0 spiro atoms. The highest BCUT2D eigenvalue weighted by atomic mass is 16.5. The third-order valence-corrected chi connectivity index (χ3v) is 8.37. The van der Waals surface area contributed by atoms with Gasteiger partial charge in [-0.2, -0.15) is 0 Å². The van der Waals surface area contributed by atoms with Gasteiger partial charge in [0.15, 0.2) is 0 Å². The summed E-state index contributed by atoms with van der Waals surface area (Å²) in [5, 5.41) is 0. The van der Waals surface area contributed by atoms with E-state index in [1.165, 1.54) is 179 Å². The van der Waals surface area contributed by atoms with Crippen molar-refractivity contribution in [2.24, 2.45) is 0 Å². The van der Waals surface area contributed by atoms with Crippen LogP contribution in [0.4, 0.5) is 0 Å². The van der Waals surface area contributed by atoms with Gasteiger partial charge in [-0.1, -0.05) is 181 Å². The molecule has 4 nitrogen and oxygen atoms in total. The highest BCUT2D eigenvalue weighted by Crippen LogP contribution is 2.15. The van der Waals surface area contributed by atoms with Crippen LogP contribution in [-0.4, -0.2) is 11.9 Å². The SMILES string of the molecule is CCCCCCCCCCCCCCCCC=COC(=O)C=CC(=O)OC=CCCCCCCCCCCCCCCCC. The lowest BCUT2D eigenvalue weighted by atomic mass is 10.0. The fourth-order valence-corrected chi connectivity index (χ4v) is 5.49. The molecular weight excluding hydrogens is 544 g/mol. The minimum absolute atomic E-state index is 0.564. The molecule has 0 bridgehead atoms. The molecule has 0 saturated heterocycles. The maximum Gasteiger partial charge on any atom is 0.335 e. The van der Waals surface area contributed by atoms with Crippen LogP contribution in [0.2, 0.25) is 0 Å². The highest BCUT2D eigenvalue weighted by Gasteiger charge is 1.99. The maximum absolute atomic E-state index is 11.8.